The molecule has 1 aromatic carbocycles. The number of benzene rings is 1. The van der Waals surface area contributed by atoms with Crippen molar-refractivity contribution < 1.29 is 4.79 Å². The average molecular weight is 343 g/mol. The van der Waals surface area contributed by atoms with Crippen LogP contribution in [0.25, 0.3) is 0 Å². The Morgan fingerprint density at radius 1 is 1.29 bits per heavy atom. The normalized spacial score (nSPS) is 19.3. The van der Waals surface area contributed by atoms with Gasteiger partial charge in [-0.05, 0) is 50.2 Å². The van der Waals surface area contributed by atoms with Crippen LogP contribution < -0.4 is 0 Å². The summed E-state index contributed by atoms with van der Waals surface area (Å²) in [4.78, 5) is 18.8. The number of likely N-dealkylation sites (N-methyl/N-ethyl adjacent to an activating group) is 1. The lowest BCUT2D eigenvalue weighted by molar-refractivity contribution is -0.137. The Hall–Kier alpha value is -1.65. The molecule has 0 aliphatic carbocycles. The molecule has 24 heavy (non-hydrogen) atoms. The highest BCUT2D eigenvalue weighted by Gasteiger charge is 2.34. The summed E-state index contributed by atoms with van der Waals surface area (Å²) in [6.45, 7) is 6.59. The Kier molecular flexibility index (Phi) is 5.69. The molecular weight excluding hydrogens is 316 g/mol. The molecule has 0 bridgehead atoms. The van der Waals surface area contributed by atoms with Crippen molar-refractivity contribution in [1.82, 2.24) is 9.80 Å². The minimum Gasteiger partial charge on any atom is -0.337 e. The molecule has 0 radical (unpaired) electrons. The van der Waals surface area contributed by atoms with Gasteiger partial charge in [0.2, 0.25) is 5.91 Å². The lowest BCUT2D eigenvalue weighted by Gasteiger charge is -2.33. The average Bonchev–Trinajstić information content (AvgIpc) is 3.30. The van der Waals surface area contributed by atoms with Crippen molar-refractivity contribution in [1.29, 1.82) is 0 Å². The molecule has 3 nitrogen and oxygen atoms in total. The van der Waals surface area contributed by atoms with Crippen molar-refractivity contribution in [2.75, 3.05) is 13.1 Å². The van der Waals surface area contributed by atoms with Crippen molar-refractivity contribution in [3.63, 3.8) is 0 Å². The van der Waals surface area contributed by atoms with Crippen LogP contribution in [0.5, 0.6) is 0 Å². The molecule has 4 heteroatoms. The molecule has 0 spiro atoms. The van der Waals surface area contributed by atoms with Crippen LogP contribution in [-0.4, -0.2) is 34.8 Å². The number of rotatable bonds is 6. The van der Waals surface area contributed by atoms with E-state index < -0.39 is 0 Å². The molecule has 2 aromatic rings. The molecule has 0 N–H and O–H groups in total. The molecule has 1 saturated heterocycles. The zero-order valence-electron chi connectivity index (χ0n) is 14.5. The summed E-state index contributed by atoms with van der Waals surface area (Å²) in [5, 5.41) is 2.13. The number of nitrogens with zero attached hydrogens (tertiary/aromatic N) is 2. The van der Waals surface area contributed by atoms with Gasteiger partial charge in [-0.2, -0.15) is 0 Å². The van der Waals surface area contributed by atoms with Crippen LogP contribution in [-0.2, 0) is 11.3 Å². The van der Waals surface area contributed by atoms with Crippen molar-refractivity contribution in [2.45, 2.75) is 45.3 Å². The lowest BCUT2D eigenvalue weighted by atomic mass is 10.1. The van der Waals surface area contributed by atoms with Crippen LogP contribution in [0.2, 0.25) is 0 Å². The van der Waals surface area contributed by atoms with Crippen LogP contribution in [0.15, 0.2) is 47.8 Å². The third-order valence-corrected chi connectivity index (χ3v) is 5.90. The highest BCUT2D eigenvalue weighted by atomic mass is 32.1. The number of likely N-dealkylation sites (tertiary alicyclic amines) is 1. The van der Waals surface area contributed by atoms with E-state index in [1.807, 2.05) is 23.1 Å². The highest BCUT2D eigenvalue weighted by Crippen LogP contribution is 2.36. The quantitative estimate of drug-likeness (QED) is 0.780. The van der Waals surface area contributed by atoms with Crippen LogP contribution in [0.3, 0.4) is 0 Å². The molecule has 0 saturated carbocycles. The van der Waals surface area contributed by atoms with Gasteiger partial charge in [0.1, 0.15) is 0 Å². The second-order valence-electron chi connectivity index (χ2n) is 6.43. The number of carbonyl (C=O) groups excluding carboxylic acids is 1. The molecular formula is C20H26N2OS. The Morgan fingerprint density at radius 3 is 2.75 bits per heavy atom. The first-order chi connectivity index (χ1) is 11.7. The second kappa shape index (κ2) is 7.95. The van der Waals surface area contributed by atoms with Gasteiger partial charge in [-0.25, -0.2) is 0 Å². The fourth-order valence-corrected chi connectivity index (χ4v) is 4.48. The lowest BCUT2D eigenvalue weighted by Crippen LogP contribution is -2.46. The zero-order chi connectivity index (χ0) is 16.9. The van der Waals surface area contributed by atoms with E-state index >= 15 is 0 Å². The predicted molar refractivity (Wildman–Crippen MR) is 100.0 cm³/mol. The van der Waals surface area contributed by atoms with Gasteiger partial charge in [0.25, 0.3) is 0 Å². The molecule has 3 rings (SSSR count). The third-order valence-electron chi connectivity index (χ3n) is 4.93. The molecule has 2 heterocycles. The first-order valence-corrected chi connectivity index (χ1v) is 9.70. The van der Waals surface area contributed by atoms with E-state index in [4.69, 9.17) is 0 Å². The molecule has 1 amide bonds. The first-order valence-electron chi connectivity index (χ1n) is 8.82. The van der Waals surface area contributed by atoms with Gasteiger partial charge in [0.05, 0.1) is 6.04 Å². The summed E-state index contributed by atoms with van der Waals surface area (Å²) < 4.78 is 0. The number of hydrogen-bond acceptors (Lipinski definition) is 3. The van der Waals surface area contributed by atoms with Crippen LogP contribution in [0.4, 0.5) is 0 Å². The predicted octanol–water partition coefficient (Wildman–Crippen LogP) is 4.32. The van der Waals surface area contributed by atoms with Gasteiger partial charge in [-0.1, -0.05) is 36.4 Å². The Morgan fingerprint density at radius 2 is 2.08 bits per heavy atom. The zero-order valence-corrected chi connectivity index (χ0v) is 15.3. The van der Waals surface area contributed by atoms with E-state index in [1.165, 1.54) is 16.9 Å². The van der Waals surface area contributed by atoms with E-state index in [9.17, 15) is 4.79 Å². The van der Waals surface area contributed by atoms with Gasteiger partial charge < -0.3 is 4.90 Å². The monoisotopic (exact) mass is 342 g/mol. The van der Waals surface area contributed by atoms with Gasteiger partial charge in [0.15, 0.2) is 0 Å². The molecule has 1 aliphatic heterocycles. The summed E-state index contributed by atoms with van der Waals surface area (Å²) >= 11 is 1.80. The Labute approximate surface area is 148 Å². The fraction of sp³-hybridized carbons (Fsp3) is 0.450. The summed E-state index contributed by atoms with van der Waals surface area (Å²) in [7, 11) is 0. The van der Waals surface area contributed by atoms with Gasteiger partial charge >= 0.3 is 0 Å². The van der Waals surface area contributed by atoms with E-state index in [-0.39, 0.29) is 11.9 Å². The minimum atomic E-state index is -0.0664. The summed E-state index contributed by atoms with van der Waals surface area (Å²) in [5.74, 6) is 0.241. The van der Waals surface area contributed by atoms with E-state index in [2.05, 4.69) is 48.4 Å². The van der Waals surface area contributed by atoms with Crippen molar-refractivity contribution in [2.24, 2.45) is 0 Å². The Balaban J connectivity index is 1.70. The smallest absolute Gasteiger partial charge is 0.239 e. The number of carbonyl (C=O) groups is 1. The second-order valence-corrected chi connectivity index (χ2v) is 7.40. The molecule has 2 unspecified atom stereocenters. The summed E-state index contributed by atoms with van der Waals surface area (Å²) in [6.07, 6.45) is 2.33. The SMILES string of the molecule is CCN(Cc1ccccc1)C(=O)C(C)N1CCCC1c1cccs1. The topological polar surface area (TPSA) is 23.6 Å². The molecule has 1 aliphatic rings. The summed E-state index contributed by atoms with van der Waals surface area (Å²) in [5.41, 5.74) is 1.19. The van der Waals surface area contributed by atoms with Gasteiger partial charge in [-0.15, -0.1) is 11.3 Å². The van der Waals surface area contributed by atoms with Crippen molar-refractivity contribution >= 4 is 17.2 Å². The maximum Gasteiger partial charge on any atom is 0.239 e. The van der Waals surface area contributed by atoms with Crippen LogP contribution in [0.1, 0.15) is 43.2 Å². The Bertz CT molecular complexity index is 641. The number of hydrogen-bond donors (Lipinski definition) is 0. The maximum absolute atomic E-state index is 13.1. The number of thiophene rings is 1. The first kappa shape index (κ1) is 17.2. The number of amides is 1. The summed E-state index contributed by atoms with van der Waals surface area (Å²) in [6, 6.07) is 14.9. The largest absolute Gasteiger partial charge is 0.337 e. The molecule has 128 valence electrons. The highest BCUT2D eigenvalue weighted by molar-refractivity contribution is 7.10. The minimum absolute atomic E-state index is 0.0664. The van der Waals surface area contributed by atoms with E-state index in [0.29, 0.717) is 12.6 Å². The third kappa shape index (κ3) is 3.70. The fourth-order valence-electron chi connectivity index (χ4n) is 3.59. The van der Waals surface area contributed by atoms with Crippen molar-refractivity contribution in [3.05, 3.63) is 58.3 Å². The van der Waals surface area contributed by atoms with E-state index in [0.717, 1.165) is 19.5 Å². The molecule has 1 aromatic heterocycles. The van der Waals surface area contributed by atoms with Crippen LogP contribution >= 0.6 is 11.3 Å². The van der Waals surface area contributed by atoms with Crippen molar-refractivity contribution in [3.8, 4) is 0 Å². The maximum atomic E-state index is 13.1. The van der Waals surface area contributed by atoms with Gasteiger partial charge in [-0.3, -0.25) is 9.69 Å². The van der Waals surface area contributed by atoms with Crippen LogP contribution in [0, 0.1) is 0 Å². The standard InChI is InChI=1S/C20H26N2OS/c1-3-21(15-17-9-5-4-6-10-17)20(23)16(2)22-13-7-11-18(22)19-12-8-14-24-19/h4-6,8-10,12,14,16,18H,3,7,11,13,15H2,1-2H3. The molecule has 1 fully saturated rings. The van der Waals surface area contributed by atoms with E-state index in [1.54, 1.807) is 11.3 Å². The van der Waals surface area contributed by atoms with Gasteiger partial charge in [0, 0.05) is 24.0 Å². The molecule has 2 atom stereocenters.